The van der Waals surface area contributed by atoms with E-state index in [1.165, 1.54) is 18.9 Å². The van der Waals surface area contributed by atoms with Gasteiger partial charge in [0.15, 0.2) is 0 Å². The smallest absolute Gasteiger partial charge is 0.336 e. The van der Waals surface area contributed by atoms with Gasteiger partial charge < -0.3 is 14.8 Å². The summed E-state index contributed by atoms with van der Waals surface area (Å²) in [4.78, 5) is 13.0. The summed E-state index contributed by atoms with van der Waals surface area (Å²) in [5.41, 5.74) is 2.98. The topological polar surface area (TPSA) is 71.3 Å². The van der Waals surface area contributed by atoms with Crippen LogP contribution in [-0.4, -0.2) is 26.3 Å². The summed E-state index contributed by atoms with van der Waals surface area (Å²) < 4.78 is 10.4. The molecule has 1 heterocycles. The lowest BCUT2D eigenvalue weighted by Crippen LogP contribution is -2.29. The van der Waals surface area contributed by atoms with Crippen LogP contribution in [0.15, 0.2) is 70.4 Å². The highest BCUT2D eigenvalue weighted by Crippen LogP contribution is 2.43. The number of carbonyl (C=O) groups is 1. The van der Waals surface area contributed by atoms with E-state index in [9.17, 15) is 10.1 Å². The van der Waals surface area contributed by atoms with Crippen molar-refractivity contribution in [2.75, 3.05) is 20.3 Å². The zero-order chi connectivity index (χ0) is 23.1. The largest absolute Gasteiger partial charge is 0.460 e. The van der Waals surface area contributed by atoms with Gasteiger partial charge in [0, 0.05) is 28.6 Å². The van der Waals surface area contributed by atoms with E-state index in [0.717, 1.165) is 5.56 Å². The van der Waals surface area contributed by atoms with E-state index in [2.05, 4.69) is 11.4 Å². The Hall–Kier alpha value is -2.43. The molecule has 1 aliphatic rings. The average molecular weight is 489 g/mol. The number of thioether (sulfide) groups is 1. The number of rotatable bonds is 8. The lowest BCUT2D eigenvalue weighted by atomic mass is 9.82. The fraction of sp³-hybridized carbons (Fsp3) is 0.250. The van der Waals surface area contributed by atoms with Crippen LogP contribution in [0.3, 0.4) is 0 Å². The number of halogens is 2. The first-order chi connectivity index (χ1) is 15.5. The van der Waals surface area contributed by atoms with Crippen molar-refractivity contribution < 1.29 is 14.3 Å². The Balaban J connectivity index is 2.01. The molecule has 2 aromatic carbocycles. The molecule has 0 amide bonds. The number of nitrogens with zero attached hydrogens (tertiary/aromatic N) is 1. The Kier molecular flexibility index (Phi) is 8.66. The highest BCUT2D eigenvalue weighted by Gasteiger charge is 2.36. The van der Waals surface area contributed by atoms with Crippen molar-refractivity contribution in [1.29, 1.82) is 5.26 Å². The number of allylic oxidation sites excluding steroid dienone is 2. The number of carbonyl (C=O) groups excluding carboxylic acids is 1. The van der Waals surface area contributed by atoms with Crippen LogP contribution in [0.5, 0.6) is 0 Å². The van der Waals surface area contributed by atoms with E-state index in [-0.39, 0.29) is 13.2 Å². The zero-order valence-electron chi connectivity index (χ0n) is 17.7. The Morgan fingerprint density at radius 3 is 2.47 bits per heavy atom. The summed E-state index contributed by atoms with van der Waals surface area (Å²) in [6, 6.07) is 17.1. The molecule has 1 aliphatic heterocycles. The van der Waals surface area contributed by atoms with E-state index in [1.807, 2.05) is 42.5 Å². The third-order valence-electron chi connectivity index (χ3n) is 4.93. The van der Waals surface area contributed by atoms with Crippen LogP contribution in [0.4, 0.5) is 0 Å². The second-order valence-corrected chi connectivity index (χ2v) is 8.78. The second-order valence-electron chi connectivity index (χ2n) is 6.98. The third kappa shape index (κ3) is 5.48. The summed E-state index contributed by atoms with van der Waals surface area (Å²) in [6.45, 7) is 2.18. The number of benzene rings is 2. The number of methoxy groups -OCH3 is 1. The number of hydrogen-bond acceptors (Lipinski definition) is 6. The maximum atomic E-state index is 13.0. The fourth-order valence-electron chi connectivity index (χ4n) is 3.38. The van der Waals surface area contributed by atoms with Crippen LogP contribution in [0.2, 0.25) is 10.0 Å². The number of dihydropyridines is 1. The first-order valence-electron chi connectivity index (χ1n) is 9.86. The average Bonchev–Trinajstić information content (AvgIpc) is 2.78. The molecule has 5 nitrogen and oxygen atoms in total. The van der Waals surface area contributed by atoms with E-state index >= 15 is 0 Å². The first kappa shape index (κ1) is 24.2. The minimum atomic E-state index is -0.654. The number of esters is 1. The molecule has 0 aliphatic carbocycles. The monoisotopic (exact) mass is 488 g/mol. The molecule has 8 heteroatoms. The van der Waals surface area contributed by atoms with Crippen LogP contribution in [0, 0.1) is 11.3 Å². The van der Waals surface area contributed by atoms with Crippen molar-refractivity contribution in [2.45, 2.75) is 18.6 Å². The molecule has 1 unspecified atom stereocenters. The Bertz CT molecular complexity index is 1110. The molecule has 0 aromatic heterocycles. The van der Waals surface area contributed by atoms with Gasteiger partial charge >= 0.3 is 5.97 Å². The molecule has 166 valence electrons. The van der Waals surface area contributed by atoms with Crippen LogP contribution in [0.1, 0.15) is 24.0 Å². The molecule has 1 atom stereocenters. The minimum absolute atomic E-state index is 0.112. The van der Waals surface area contributed by atoms with E-state index in [4.69, 9.17) is 32.7 Å². The Labute approximate surface area is 202 Å². The maximum absolute atomic E-state index is 13.0. The standard InChI is InChI=1S/C24H22Cl2N2O3S/c1-15-21(24(29)31-12-11-30-2)22(17-8-4-6-10-20(17)26)18(13-27)23(28-15)32-14-16-7-3-5-9-19(16)25/h3-10,22,28H,11-12,14H2,1-2H3. The van der Waals surface area contributed by atoms with Gasteiger partial charge in [-0.2, -0.15) is 5.26 Å². The Morgan fingerprint density at radius 2 is 1.81 bits per heavy atom. The molecule has 0 spiro atoms. The van der Waals surface area contributed by atoms with Gasteiger partial charge in [0.05, 0.1) is 34.8 Å². The van der Waals surface area contributed by atoms with Gasteiger partial charge in [-0.05, 0) is 30.2 Å². The maximum Gasteiger partial charge on any atom is 0.336 e. The van der Waals surface area contributed by atoms with E-state index < -0.39 is 11.9 Å². The molecule has 0 bridgehead atoms. The first-order valence-corrected chi connectivity index (χ1v) is 11.6. The van der Waals surface area contributed by atoms with E-state index in [0.29, 0.717) is 43.2 Å². The summed E-state index contributed by atoms with van der Waals surface area (Å²) in [7, 11) is 1.53. The Morgan fingerprint density at radius 1 is 1.12 bits per heavy atom. The van der Waals surface area contributed by atoms with Gasteiger partial charge in [0.2, 0.25) is 0 Å². The molecule has 1 N–H and O–H groups in total. The number of hydrogen-bond donors (Lipinski definition) is 1. The molecule has 0 fully saturated rings. The van der Waals surface area contributed by atoms with Gasteiger partial charge in [-0.1, -0.05) is 59.6 Å². The summed E-state index contributed by atoms with van der Waals surface area (Å²) in [6.07, 6.45) is 0. The van der Waals surface area contributed by atoms with Crippen molar-refractivity contribution in [1.82, 2.24) is 5.32 Å². The molecular weight excluding hydrogens is 467 g/mol. The quantitative estimate of drug-likeness (QED) is 0.373. The molecule has 32 heavy (non-hydrogen) atoms. The normalized spacial score (nSPS) is 15.9. The molecular formula is C24H22Cl2N2O3S. The summed E-state index contributed by atoms with van der Waals surface area (Å²) >= 11 is 14.2. The van der Waals surface area contributed by atoms with Crippen molar-refractivity contribution in [3.8, 4) is 6.07 Å². The molecule has 0 saturated heterocycles. The summed E-state index contributed by atoms with van der Waals surface area (Å²) in [5, 5.41) is 15.1. The van der Waals surface area contributed by atoms with Gasteiger partial charge in [0.25, 0.3) is 0 Å². The lowest BCUT2D eigenvalue weighted by molar-refractivity contribution is -0.140. The van der Waals surface area contributed by atoms with Crippen molar-refractivity contribution >= 4 is 40.9 Å². The van der Waals surface area contributed by atoms with Gasteiger partial charge in [-0.15, -0.1) is 11.8 Å². The highest BCUT2D eigenvalue weighted by molar-refractivity contribution is 8.02. The van der Waals surface area contributed by atoms with Gasteiger partial charge in [-0.3, -0.25) is 0 Å². The number of ether oxygens (including phenoxy) is 2. The molecule has 0 radical (unpaired) electrons. The SMILES string of the molecule is COCCOC(=O)C1=C(C)NC(SCc2ccccc2Cl)=C(C#N)C1c1ccccc1Cl. The predicted octanol–water partition coefficient (Wildman–Crippen LogP) is 5.81. The number of nitrogens with one attached hydrogen (secondary N) is 1. The van der Waals surface area contributed by atoms with Gasteiger partial charge in [-0.25, -0.2) is 4.79 Å². The van der Waals surface area contributed by atoms with Crippen LogP contribution in [0.25, 0.3) is 0 Å². The highest BCUT2D eigenvalue weighted by atomic mass is 35.5. The van der Waals surface area contributed by atoms with Crippen LogP contribution >= 0.6 is 35.0 Å². The minimum Gasteiger partial charge on any atom is -0.460 e. The van der Waals surface area contributed by atoms with Crippen molar-refractivity contribution in [3.05, 3.63) is 91.6 Å². The fourth-order valence-corrected chi connectivity index (χ4v) is 5.00. The van der Waals surface area contributed by atoms with E-state index in [1.54, 1.807) is 13.0 Å². The third-order valence-corrected chi connectivity index (χ3v) is 6.71. The predicted molar refractivity (Wildman–Crippen MR) is 128 cm³/mol. The molecule has 2 aromatic rings. The summed E-state index contributed by atoms with van der Waals surface area (Å²) in [5.74, 6) is -0.609. The van der Waals surface area contributed by atoms with Gasteiger partial charge in [0.1, 0.15) is 6.61 Å². The second kappa shape index (κ2) is 11.4. The molecule has 3 rings (SSSR count). The van der Waals surface area contributed by atoms with Crippen LogP contribution in [-0.2, 0) is 20.0 Å². The van der Waals surface area contributed by atoms with Crippen molar-refractivity contribution in [3.63, 3.8) is 0 Å². The zero-order valence-corrected chi connectivity index (χ0v) is 20.0. The van der Waals surface area contributed by atoms with Crippen LogP contribution < -0.4 is 5.32 Å². The molecule has 0 saturated carbocycles. The number of nitriles is 1. The lowest BCUT2D eigenvalue weighted by Gasteiger charge is -2.30. The van der Waals surface area contributed by atoms with Crippen molar-refractivity contribution in [2.24, 2.45) is 0 Å².